The minimum atomic E-state index is -4.31. The quantitative estimate of drug-likeness (QED) is 0.0487. The highest BCUT2D eigenvalue weighted by molar-refractivity contribution is 7.86. The van der Waals surface area contributed by atoms with E-state index in [2.05, 4.69) is 63.7 Å². The number of hydrogen-bond donors (Lipinski definition) is 10. The second-order valence-corrected chi connectivity index (χ2v) is 17.3. The molecule has 53 heavy (non-hydrogen) atoms. The molecule has 0 aromatic carbocycles. The number of aliphatic hydroxyl groups is 1. The van der Waals surface area contributed by atoms with E-state index < -0.39 is 52.2 Å². The second-order valence-electron chi connectivity index (χ2n) is 15.6. The van der Waals surface area contributed by atoms with Gasteiger partial charge in [0.1, 0.15) is 12.6 Å². The van der Waals surface area contributed by atoms with Crippen molar-refractivity contribution in [2.75, 3.05) is 20.3 Å². The molecule has 4 saturated carbocycles. The number of aliphatic hydroxyl groups excluding tert-OH is 1. The normalized spacial score (nSPS) is 41.9. The first-order valence-electron chi connectivity index (χ1n) is 18.9. The molecule has 0 aromatic rings. The molecule has 14 atom stereocenters. The molecule has 0 radical (unpaired) electrons. The predicted molar refractivity (Wildman–Crippen MR) is 188 cm³/mol. The van der Waals surface area contributed by atoms with E-state index in [1.807, 2.05) is 0 Å². The van der Waals surface area contributed by atoms with Crippen molar-refractivity contribution in [2.45, 2.75) is 151 Å². The van der Waals surface area contributed by atoms with E-state index in [0.717, 1.165) is 51.4 Å². The summed E-state index contributed by atoms with van der Waals surface area (Å²) in [6.45, 7) is 2.49. The Balaban J connectivity index is 1.07. The summed E-state index contributed by atoms with van der Waals surface area (Å²) in [7, 11) is -2.64. The third kappa shape index (κ3) is 12.3. The molecule has 14 unspecified atom stereocenters. The van der Waals surface area contributed by atoms with Crippen LogP contribution in [0.4, 0.5) is 0 Å². The van der Waals surface area contributed by atoms with Gasteiger partial charge in [0.2, 0.25) is 0 Å². The maximum absolute atomic E-state index is 11.9. The van der Waals surface area contributed by atoms with Crippen molar-refractivity contribution in [3.05, 3.63) is 0 Å². The van der Waals surface area contributed by atoms with Crippen LogP contribution in [0.5, 0.6) is 0 Å². The zero-order chi connectivity index (χ0) is 38.1. The van der Waals surface area contributed by atoms with Crippen LogP contribution in [0.2, 0.25) is 0 Å². The lowest BCUT2D eigenvalue weighted by molar-refractivity contribution is -0.263. The molecule has 5 aliphatic rings. The predicted octanol–water partition coefficient (Wildman–Crippen LogP) is 1.46. The lowest BCUT2D eigenvalue weighted by Crippen LogP contribution is -2.76. The Morgan fingerprint density at radius 3 is 2.04 bits per heavy atom. The van der Waals surface area contributed by atoms with Crippen molar-refractivity contribution in [3.8, 4) is 0 Å². The number of ether oxygens (including phenoxy) is 1. The summed E-state index contributed by atoms with van der Waals surface area (Å²) in [5, 5.41) is 72.1. The van der Waals surface area contributed by atoms with E-state index in [4.69, 9.17) is 15.3 Å². The smallest absolute Gasteiger partial charge is 0.308 e. The molecule has 21 heteroatoms. The zero-order valence-corrected chi connectivity index (χ0v) is 31.3. The van der Waals surface area contributed by atoms with Gasteiger partial charge in [-0.1, -0.05) is 6.92 Å². The van der Waals surface area contributed by atoms with Crippen LogP contribution in [-0.4, -0.2) is 127 Å². The van der Waals surface area contributed by atoms with Gasteiger partial charge in [0.25, 0.3) is 10.1 Å². The maximum atomic E-state index is 11.9. The standard InChI is InChI=1S/C32H59N9O11S/c1-17-9-20(3-6-25(17)40-41-26-8-5-23(53(47,48)49)14-24(26)29(42)43)33-30-35-31(37-32(44)36-30)34-27-7-4-21(13-28(27)50-2)38-39-22-11-18(15-51-45)10-19(12-22)16-52-46/h17-28,30-37,44-46H,3-16H2,1-2H3,(H,42,43)(H,47,48,49). The lowest BCUT2D eigenvalue weighted by Gasteiger charge is -2.43. The first kappa shape index (κ1) is 42.3. The molecule has 4 aliphatic carbocycles. The van der Waals surface area contributed by atoms with Crippen molar-refractivity contribution in [1.82, 2.24) is 26.6 Å². The number of aliphatic carboxylic acids is 1. The maximum Gasteiger partial charge on any atom is 0.308 e. The third-order valence-corrected chi connectivity index (χ3v) is 13.0. The van der Waals surface area contributed by atoms with Crippen LogP contribution in [0.1, 0.15) is 84.0 Å². The summed E-state index contributed by atoms with van der Waals surface area (Å²) >= 11 is 0. The number of carboxylic acid groups (broad SMARTS) is 1. The Morgan fingerprint density at radius 1 is 0.774 bits per heavy atom. The van der Waals surface area contributed by atoms with Crippen LogP contribution < -0.4 is 26.6 Å². The number of rotatable bonds is 15. The SMILES string of the molecule is COC1CC(N=NC2CC(COO)CC(COO)C2)CCC1NC1NC(O)NC(NC2CCC(N=NC3CCC(S(=O)(=O)O)CC3C(=O)O)C(C)C2)N1. The molecular weight excluding hydrogens is 718 g/mol. The molecule has 1 saturated heterocycles. The first-order chi connectivity index (χ1) is 25.3. The number of azo groups is 2. The Labute approximate surface area is 310 Å². The topological polar surface area (TPSA) is 290 Å². The average Bonchev–Trinajstić information content (AvgIpc) is 3.10. The highest BCUT2D eigenvalue weighted by Crippen LogP contribution is 2.35. The number of carbonyl (C=O) groups is 1. The first-order valence-corrected chi connectivity index (χ1v) is 20.4. The lowest BCUT2D eigenvalue weighted by atomic mass is 9.79. The average molecular weight is 778 g/mol. The number of nitrogens with zero attached hydrogens (tertiary/aromatic N) is 4. The molecule has 10 N–H and O–H groups in total. The number of hydrogen-bond acceptors (Lipinski definition) is 18. The summed E-state index contributed by atoms with van der Waals surface area (Å²) in [5.41, 5.74) is 0. The van der Waals surface area contributed by atoms with E-state index >= 15 is 0 Å². The van der Waals surface area contributed by atoms with Gasteiger partial charge in [0, 0.05) is 19.2 Å². The van der Waals surface area contributed by atoms with E-state index in [1.54, 1.807) is 7.11 Å². The van der Waals surface area contributed by atoms with Crippen molar-refractivity contribution in [2.24, 2.45) is 44.1 Å². The van der Waals surface area contributed by atoms with Crippen LogP contribution in [0.25, 0.3) is 0 Å². The summed E-state index contributed by atoms with van der Waals surface area (Å²) < 4.78 is 38.5. The highest BCUT2D eigenvalue weighted by Gasteiger charge is 2.41. The Hall–Kier alpha value is -1.86. The van der Waals surface area contributed by atoms with Crippen molar-refractivity contribution in [1.29, 1.82) is 0 Å². The minimum absolute atomic E-state index is 0.00990. The van der Waals surface area contributed by atoms with Crippen LogP contribution in [0.15, 0.2) is 20.5 Å². The Bertz CT molecular complexity index is 1320. The minimum Gasteiger partial charge on any atom is -0.481 e. The summed E-state index contributed by atoms with van der Waals surface area (Å²) in [4.78, 5) is 20.6. The van der Waals surface area contributed by atoms with E-state index in [0.29, 0.717) is 6.42 Å². The molecule has 1 aliphatic heterocycles. The molecule has 0 aromatic heterocycles. The summed E-state index contributed by atoms with van der Waals surface area (Å²) in [6.07, 6.45) is 5.04. The summed E-state index contributed by atoms with van der Waals surface area (Å²) in [5.74, 6) is -1.81. The molecule has 0 bridgehead atoms. The molecule has 0 spiro atoms. The van der Waals surface area contributed by atoms with Crippen LogP contribution >= 0.6 is 0 Å². The molecule has 20 nitrogen and oxygen atoms in total. The van der Waals surface area contributed by atoms with Crippen molar-refractivity contribution < 1.29 is 53.0 Å². The van der Waals surface area contributed by atoms with Gasteiger partial charge in [-0.15, -0.1) is 0 Å². The third-order valence-electron chi connectivity index (χ3n) is 11.7. The molecule has 304 valence electrons. The molecule has 5 rings (SSSR count). The highest BCUT2D eigenvalue weighted by atomic mass is 32.2. The van der Waals surface area contributed by atoms with Gasteiger partial charge in [0.15, 0.2) is 6.35 Å². The Kier molecular flexibility index (Phi) is 15.8. The van der Waals surface area contributed by atoms with Gasteiger partial charge in [-0.3, -0.25) is 46.4 Å². The fourth-order valence-corrected chi connectivity index (χ4v) is 9.78. The monoisotopic (exact) mass is 777 g/mol. The fourth-order valence-electron chi connectivity index (χ4n) is 8.89. The van der Waals surface area contributed by atoms with Crippen molar-refractivity contribution in [3.63, 3.8) is 0 Å². The van der Waals surface area contributed by atoms with Gasteiger partial charge in [-0.2, -0.15) is 28.9 Å². The molecular formula is C32H59N9O11S. The molecule has 1 heterocycles. The van der Waals surface area contributed by atoms with Crippen molar-refractivity contribution >= 4 is 16.1 Å². The van der Waals surface area contributed by atoms with Crippen LogP contribution in [-0.2, 0) is 29.4 Å². The van der Waals surface area contributed by atoms with E-state index in [-0.39, 0.29) is 86.5 Å². The zero-order valence-electron chi connectivity index (χ0n) is 30.4. The van der Waals surface area contributed by atoms with Crippen LogP contribution in [0.3, 0.4) is 0 Å². The fraction of sp³-hybridized carbons (Fsp3) is 0.969. The van der Waals surface area contributed by atoms with Gasteiger partial charge < -0.3 is 14.9 Å². The molecule has 0 amide bonds. The van der Waals surface area contributed by atoms with E-state index in [9.17, 15) is 28.0 Å². The molecule has 5 fully saturated rings. The number of methoxy groups -OCH3 is 1. The van der Waals surface area contributed by atoms with Gasteiger partial charge in [-0.25, -0.2) is 9.78 Å². The van der Waals surface area contributed by atoms with E-state index in [1.165, 1.54) is 0 Å². The number of nitrogens with one attached hydrogen (secondary N) is 5. The second kappa shape index (κ2) is 19.8. The van der Waals surface area contributed by atoms with Gasteiger partial charge in [-0.05, 0) is 94.8 Å². The van der Waals surface area contributed by atoms with Gasteiger partial charge in [0.05, 0.1) is 54.7 Å². The Morgan fingerprint density at radius 2 is 1.42 bits per heavy atom. The van der Waals surface area contributed by atoms with Crippen LogP contribution in [0, 0.1) is 23.7 Å². The largest absolute Gasteiger partial charge is 0.481 e. The van der Waals surface area contributed by atoms with Gasteiger partial charge >= 0.3 is 5.97 Å². The number of carboxylic acids is 1. The summed E-state index contributed by atoms with van der Waals surface area (Å²) in [6, 6.07) is -0.696.